The van der Waals surface area contributed by atoms with E-state index in [1.54, 1.807) is 24.3 Å². The first kappa shape index (κ1) is 34.0. The van der Waals surface area contributed by atoms with Crippen molar-refractivity contribution >= 4 is 52.0 Å². The molecule has 50 heavy (non-hydrogen) atoms. The van der Waals surface area contributed by atoms with Crippen LogP contribution < -0.4 is 21.9 Å². The highest BCUT2D eigenvalue weighted by Gasteiger charge is 2.29. The van der Waals surface area contributed by atoms with Crippen molar-refractivity contribution in [2.75, 3.05) is 24.1 Å². The lowest BCUT2D eigenvalue weighted by Crippen LogP contribution is -2.41. The molecule has 0 atom stereocenters. The van der Waals surface area contributed by atoms with Crippen LogP contribution in [0.25, 0.3) is 28.0 Å². The maximum absolute atomic E-state index is 13.7. The van der Waals surface area contributed by atoms with Gasteiger partial charge in [-0.25, -0.2) is 23.8 Å². The Labute approximate surface area is 289 Å². The summed E-state index contributed by atoms with van der Waals surface area (Å²) >= 11 is 6.47. The van der Waals surface area contributed by atoms with Gasteiger partial charge in [-0.2, -0.15) is 5.10 Å². The van der Waals surface area contributed by atoms with Crippen LogP contribution in [0.15, 0.2) is 65.7 Å². The van der Waals surface area contributed by atoms with Crippen LogP contribution >= 0.6 is 11.6 Å². The Hall–Kier alpha value is -5.83. The molecule has 3 aromatic heterocycles. The number of halogens is 2. The van der Waals surface area contributed by atoms with E-state index in [-0.39, 0.29) is 52.2 Å². The average Bonchev–Trinajstić information content (AvgIpc) is 3.49. The molecule has 16 heteroatoms. The van der Waals surface area contributed by atoms with Crippen molar-refractivity contribution in [1.82, 2.24) is 34.5 Å². The van der Waals surface area contributed by atoms with Gasteiger partial charge in [-0.05, 0) is 55.3 Å². The number of nitrogen functional groups attached to an aromatic ring is 1. The lowest BCUT2D eigenvalue weighted by atomic mass is 10.0. The number of nitrogens with zero attached hydrogens (tertiary/aromatic N) is 6. The molecule has 0 unspecified atom stereocenters. The van der Waals surface area contributed by atoms with Crippen LogP contribution in [0.5, 0.6) is 0 Å². The molecule has 0 aliphatic carbocycles. The molecule has 1 saturated heterocycles. The van der Waals surface area contributed by atoms with Gasteiger partial charge in [0, 0.05) is 35.9 Å². The second-order valence-electron chi connectivity index (χ2n) is 12.1. The molecule has 14 nitrogen and oxygen atoms in total. The number of anilines is 2. The quantitative estimate of drug-likeness (QED) is 0.175. The van der Waals surface area contributed by atoms with Gasteiger partial charge in [-0.3, -0.25) is 19.0 Å². The molecule has 2 aromatic carbocycles. The summed E-state index contributed by atoms with van der Waals surface area (Å²) in [6.07, 6.45) is 1.45. The molecule has 3 amide bonds. The molecular formula is C34H33ClFN9O5. The summed E-state index contributed by atoms with van der Waals surface area (Å²) in [5.74, 6) is -1.01. The molecule has 6 rings (SSSR count). The van der Waals surface area contributed by atoms with Gasteiger partial charge in [0.1, 0.15) is 29.2 Å². The molecule has 0 radical (unpaired) electrons. The van der Waals surface area contributed by atoms with E-state index >= 15 is 0 Å². The van der Waals surface area contributed by atoms with Crippen molar-refractivity contribution in [3.8, 4) is 16.9 Å². The van der Waals surface area contributed by atoms with Crippen molar-refractivity contribution in [2.24, 2.45) is 5.92 Å². The van der Waals surface area contributed by atoms with Gasteiger partial charge in [-0.15, -0.1) is 0 Å². The number of benzene rings is 2. The number of rotatable bonds is 8. The molecule has 4 heterocycles. The lowest BCUT2D eigenvalue weighted by Gasteiger charge is -2.33. The number of likely N-dealkylation sites (tertiary alicyclic amines) is 1. The third-order valence-electron chi connectivity index (χ3n) is 8.54. The van der Waals surface area contributed by atoms with Gasteiger partial charge >= 0.3 is 6.09 Å². The number of aromatic nitrogens is 5. The van der Waals surface area contributed by atoms with Crippen molar-refractivity contribution in [1.29, 1.82) is 0 Å². The predicted molar refractivity (Wildman–Crippen MR) is 185 cm³/mol. The monoisotopic (exact) mass is 701 g/mol. The molecule has 1 aliphatic rings. The van der Waals surface area contributed by atoms with E-state index in [9.17, 15) is 23.6 Å². The Bertz CT molecular complexity index is 2160. The standard InChI is InChI=1S/C34H33ClFN9O5/c1-18(2)32(47)43-13-11-23(12-14-43)45-30-27(29(37)39-17-40-30)28(42-45)19-3-7-21(8-4-19)41-31(46)24-15-25(35)26(16-38-34(49)50)44(33(24)48)22-9-5-20(36)6-10-22/h3-10,15,17-18,23,38H,11-14,16H2,1-2H3,(H,41,46)(H,49,50)(H2,37,39,40). The Kier molecular flexibility index (Phi) is 9.50. The van der Waals surface area contributed by atoms with Gasteiger partial charge in [0.15, 0.2) is 5.65 Å². The van der Waals surface area contributed by atoms with E-state index < -0.39 is 23.4 Å². The zero-order valence-electron chi connectivity index (χ0n) is 27.1. The minimum absolute atomic E-state index is 0.00704. The average molecular weight is 702 g/mol. The second-order valence-corrected chi connectivity index (χ2v) is 12.5. The van der Waals surface area contributed by atoms with Gasteiger partial charge in [0.05, 0.1) is 28.7 Å². The lowest BCUT2D eigenvalue weighted by molar-refractivity contribution is -0.135. The number of hydrogen-bond acceptors (Lipinski definition) is 8. The van der Waals surface area contributed by atoms with E-state index in [1.165, 1.54) is 18.5 Å². The number of fused-ring (bicyclic) bond motifs is 1. The number of carbonyl (C=O) groups excluding carboxylic acids is 2. The maximum Gasteiger partial charge on any atom is 0.404 e. The van der Waals surface area contributed by atoms with Gasteiger partial charge in [-0.1, -0.05) is 37.6 Å². The van der Waals surface area contributed by atoms with Crippen LogP contribution in [-0.4, -0.2) is 65.3 Å². The first-order valence-electron chi connectivity index (χ1n) is 15.8. The number of pyridine rings is 1. The third-order valence-corrected chi connectivity index (χ3v) is 8.86. The van der Waals surface area contributed by atoms with E-state index in [0.29, 0.717) is 53.9 Å². The SMILES string of the molecule is CC(C)C(=O)N1CCC(n2nc(-c3ccc(NC(=O)c4cc(Cl)c(CNC(=O)O)n(-c5ccc(F)cc5)c4=O)cc3)c3c(N)ncnc32)CC1. The number of piperidine rings is 1. The highest BCUT2D eigenvalue weighted by Crippen LogP contribution is 2.35. The first-order chi connectivity index (χ1) is 23.9. The predicted octanol–water partition coefficient (Wildman–Crippen LogP) is 4.86. The van der Waals surface area contributed by atoms with Crippen molar-refractivity contribution < 1.29 is 23.9 Å². The van der Waals surface area contributed by atoms with Crippen LogP contribution in [-0.2, 0) is 11.3 Å². The van der Waals surface area contributed by atoms with Crippen molar-refractivity contribution in [3.05, 3.63) is 93.4 Å². The summed E-state index contributed by atoms with van der Waals surface area (Å²) in [4.78, 5) is 61.3. The van der Waals surface area contributed by atoms with Crippen molar-refractivity contribution in [2.45, 2.75) is 39.3 Å². The summed E-state index contributed by atoms with van der Waals surface area (Å²) in [5, 5.41) is 19.4. The topological polar surface area (TPSA) is 190 Å². The van der Waals surface area contributed by atoms with Gasteiger partial charge < -0.3 is 26.4 Å². The Balaban J connectivity index is 1.27. The number of nitrogens with one attached hydrogen (secondary N) is 2. The van der Waals surface area contributed by atoms with E-state index in [2.05, 4.69) is 20.6 Å². The number of amides is 3. The van der Waals surface area contributed by atoms with E-state index in [1.807, 2.05) is 23.4 Å². The van der Waals surface area contributed by atoms with Crippen LogP contribution in [0.4, 0.5) is 20.7 Å². The first-order valence-corrected chi connectivity index (χ1v) is 16.2. The number of carbonyl (C=O) groups is 3. The fourth-order valence-electron chi connectivity index (χ4n) is 6.03. The van der Waals surface area contributed by atoms with Crippen LogP contribution in [0, 0.1) is 11.7 Å². The number of nitrogens with two attached hydrogens (primary N) is 1. The Morgan fingerprint density at radius 2 is 1.74 bits per heavy atom. The van der Waals surface area contributed by atoms with Gasteiger partial charge in [0.25, 0.3) is 11.5 Å². The van der Waals surface area contributed by atoms with E-state index in [4.69, 9.17) is 27.5 Å². The highest BCUT2D eigenvalue weighted by molar-refractivity contribution is 6.31. The summed E-state index contributed by atoms with van der Waals surface area (Å²) in [6.45, 7) is 4.65. The van der Waals surface area contributed by atoms with E-state index in [0.717, 1.165) is 22.8 Å². The molecule has 1 fully saturated rings. The Morgan fingerprint density at radius 1 is 1.06 bits per heavy atom. The maximum atomic E-state index is 13.7. The molecular weight excluding hydrogens is 669 g/mol. The molecule has 0 spiro atoms. The van der Waals surface area contributed by atoms with Gasteiger partial charge in [0.2, 0.25) is 5.91 Å². The normalized spacial score (nSPS) is 13.5. The largest absolute Gasteiger partial charge is 0.465 e. The smallest absolute Gasteiger partial charge is 0.404 e. The second kappa shape index (κ2) is 14.0. The molecule has 5 aromatic rings. The number of carboxylic acid groups (broad SMARTS) is 1. The number of hydrogen-bond donors (Lipinski definition) is 4. The summed E-state index contributed by atoms with van der Waals surface area (Å²) in [7, 11) is 0. The molecule has 0 saturated carbocycles. The van der Waals surface area contributed by atoms with Crippen LogP contribution in [0.2, 0.25) is 5.02 Å². The fraction of sp³-hybridized carbons (Fsp3) is 0.265. The molecule has 1 aliphatic heterocycles. The Morgan fingerprint density at radius 3 is 2.38 bits per heavy atom. The minimum Gasteiger partial charge on any atom is -0.465 e. The summed E-state index contributed by atoms with van der Waals surface area (Å²) < 4.78 is 16.6. The zero-order valence-corrected chi connectivity index (χ0v) is 27.8. The van der Waals surface area contributed by atoms with Crippen LogP contribution in [0.3, 0.4) is 0 Å². The highest BCUT2D eigenvalue weighted by atomic mass is 35.5. The fourth-order valence-corrected chi connectivity index (χ4v) is 6.29. The summed E-state index contributed by atoms with van der Waals surface area (Å²) in [6, 6.07) is 12.8. The zero-order chi connectivity index (χ0) is 35.7. The van der Waals surface area contributed by atoms with Crippen LogP contribution in [0.1, 0.15) is 48.8 Å². The third kappa shape index (κ3) is 6.72. The summed E-state index contributed by atoms with van der Waals surface area (Å²) in [5.41, 5.74) is 7.62. The minimum atomic E-state index is -1.35. The molecule has 5 N–H and O–H groups in total. The molecule has 0 bridgehead atoms. The van der Waals surface area contributed by atoms with Crippen molar-refractivity contribution in [3.63, 3.8) is 0 Å². The molecule has 258 valence electrons.